The first-order chi connectivity index (χ1) is 13.0. The summed E-state index contributed by atoms with van der Waals surface area (Å²) in [6, 6.07) is 4.19. The lowest BCUT2D eigenvalue weighted by Crippen LogP contribution is -2.44. The minimum atomic E-state index is -0.263. The summed E-state index contributed by atoms with van der Waals surface area (Å²) < 4.78 is 6.36. The number of phenols is 1. The zero-order chi connectivity index (χ0) is 19.4. The molecule has 150 valence electrons. The maximum Gasteiger partial charge on any atom is 0.204 e. The van der Waals surface area contributed by atoms with Crippen LogP contribution < -0.4 is 4.74 Å². The Morgan fingerprint density at radius 1 is 1.15 bits per heavy atom. The molecular formula is C23H34O2S2. The van der Waals surface area contributed by atoms with E-state index in [4.69, 9.17) is 4.74 Å². The Hall–Kier alpha value is -0.740. The third-order valence-corrected chi connectivity index (χ3v) is 9.02. The monoisotopic (exact) mass is 406 g/mol. The van der Waals surface area contributed by atoms with E-state index in [0.717, 1.165) is 30.6 Å². The average molecular weight is 407 g/mol. The van der Waals surface area contributed by atoms with Crippen molar-refractivity contribution < 1.29 is 9.84 Å². The number of allylic oxidation sites excluding steroid dienone is 2. The van der Waals surface area contributed by atoms with Gasteiger partial charge in [0.15, 0.2) is 0 Å². The van der Waals surface area contributed by atoms with Crippen molar-refractivity contribution in [3.8, 4) is 11.5 Å². The van der Waals surface area contributed by atoms with E-state index in [0.29, 0.717) is 11.7 Å². The van der Waals surface area contributed by atoms with Gasteiger partial charge in [-0.2, -0.15) is 0 Å². The Kier molecular flexibility index (Phi) is 7.13. The fraction of sp³-hybridized carbons (Fsp3) is 0.652. The maximum absolute atomic E-state index is 10.9. The maximum atomic E-state index is 10.9. The van der Waals surface area contributed by atoms with Crippen LogP contribution in [0.2, 0.25) is 0 Å². The van der Waals surface area contributed by atoms with Crippen molar-refractivity contribution in [2.75, 3.05) is 12.5 Å². The number of unbranched alkanes of at least 4 members (excludes halogenated alkanes) is 4. The zero-order valence-corrected chi connectivity index (χ0v) is 18.8. The number of aromatic hydroxyl groups is 1. The van der Waals surface area contributed by atoms with Gasteiger partial charge in [-0.3, -0.25) is 0 Å². The molecule has 27 heavy (non-hydrogen) atoms. The molecule has 0 saturated carbocycles. The van der Waals surface area contributed by atoms with Gasteiger partial charge < -0.3 is 9.84 Å². The smallest absolute Gasteiger partial charge is 0.204 e. The molecule has 0 aromatic heterocycles. The van der Waals surface area contributed by atoms with E-state index in [9.17, 15) is 5.11 Å². The third kappa shape index (κ3) is 4.32. The Morgan fingerprint density at radius 2 is 1.89 bits per heavy atom. The highest BCUT2D eigenvalue weighted by Crippen LogP contribution is 2.59. The molecule has 0 fully saturated rings. The normalized spacial score (nSPS) is 23.2. The molecule has 1 aromatic carbocycles. The van der Waals surface area contributed by atoms with E-state index in [1.165, 1.54) is 43.2 Å². The van der Waals surface area contributed by atoms with Gasteiger partial charge in [-0.1, -0.05) is 44.3 Å². The highest BCUT2D eigenvalue weighted by atomic mass is 32.2. The van der Waals surface area contributed by atoms with E-state index in [1.54, 1.807) is 0 Å². The van der Waals surface area contributed by atoms with E-state index < -0.39 is 0 Å². The lowest BCUT2D eigenvalue weighted by molar-refractivity contribution is 0.135. The van der Waals surface area contributed by atoms with E-state index in [2.05, 4.69) is 38.5 Å². The number of ether oxygens (including phenoxy) is 1. The summed E-state index contributed by atoms with van der Waals surface area (Å²) in [4.78, 5) is 0. The summed E-state index contributed by atoms with van der Waals surface area (Å²) in [6.07, 6.45) is 16.3. The van der Waals surface area contributed by atoms with Crippen LogP contribution in [0.4, 0.5) is 0 Å². The van der Waals surface area contributed by atoms with Gasteiger partial charge in [0, 0.05) is 17.4 Å². The van der Waals surface area contributed by atoms with Crippen LogP contribution in [0, 0.1) is 5.92 Å². The Bertz CT molecular complexity index is 679. The van der Waals surface area contributed by atoms with Crippen LogP contribution >= 0.6 is 23.5 Å². The molecule has 1 aromatic rings. The van der Waals surface area contributed by atoms with Crippen LogP contribution in [-0.4, -0.2) is 21.9 Å². The first-order valence-corrected chi connectivity index (χ1v) is 12.8. The molecule has 3 rings (SSSR count). The average Bonchev–Trinajstić information content (AvgIpc) is 2.66. The van der Waals surface area contributed by atoms with E-state index >= 15 is 0 Å². The number of hydrogen-bond acceptors (Lipinski definition) is 4. The van der Waals surface area contributed by atoms with Crippen LogP contribution in [0.5, 0.6) is 11.5 Å². The van der Waals surface area contributed by atoms with E-state index in [1.807, 2.05) is 29.6 Å². The molecule has 2 unspecified atom stereocenters. The molecule has 0 bridgehead atoms. The Morgan fingerprint density at radius 3 is 2.59 bits per heavy atom. The van der Waals surface area contributed by atoms with Crippen molar-refractivity contribution in [2.45, 2.75) is 75.4 Å². The minimum Gasteiger partial charge on any atom is -0.507 e. The number of benzene rings is 1. The standard InChI is InChI=1S/C23H34O2S2/c1-5-6-7-8-9-10-17-14-20(24)22-18-13-16(2)11-12-19(18)23(26-3,27-4)25-21(22)15-17/h13-15,18-19,24H,5-12H2,1-4H3. The molecule has 1 heterocycles. The van der Waals surface area contributed by atoms with Crippen LogP contribution in [-0.2, 0) is 6.42 Å². The molecule has 2 nitrogen and oxygen atoms in total. The summed E-state index contributed by atoms with van der Waals surface area (Å²) in [5.74, 6) is 1.97. The van der Waals surface area contributed by atoms with Crippen molar-refractivity contribution >= 4 is 23.5 Å². The van der Waals surface area contributed by atoms with Gasteiger partial charge in [-0.25, -0.2) is 0 Å². The number of aryl methyl sites for hydroxylation is 1. The number of rotatable bonds is 8. The summed E-state index contributed by atoms with van der Waals surface area (Å²) in [7, 11) is 0. The van der Waals surface area contributed by atoms with Gasteiger partial charge in [0.2, 0.25) is 4.27 Å². The molecule has 2 aliphatic rings. The molecule has 1 aliphatic heterocycles. The van der Waals surface area contributed by atoms with Crippen molar-refractivity contribution in [3.05, 3.63) is 34.9 Å². The largest absolute Gasteiger partial charge is 0.507 e. The van der Waals surface area contributed by atoms with Crippen LogP contribution in [0.25, 0.3) is 0 Å². The van der Waals surface area contributed by atoms with Gasteiger partial charge in [0.05, 0.1) is 0 Å². The third-order valence-electron chi connectivity index (χ3n) is 6.10. The van der Waals surface area contributed by atoms with E-state index in [-0.39, 0.29) is 10.2 Å². The second kappa shape index (κ2) is 9.17. The molecule has 0 amide bonds. The van der Waals surface area contributed by atoms with Crippen LogP contribution in [0.1, 0.15) is 75.8 Å². The SMILES string of the molecule is CCCCCCCc1cc(O)c2c(c1)OC(SC)(SC)C1CCC(C)=CC21. The number of fused-ring (bicyclic) bond motifs is 3. The summed E-state index contributed by atoms with van der Waals surface area (Å²) in [5.41, 5.74) is 3.64. The van der Waals surface area contributed by atoms with Gasteiger partial charge in [-0.15, -0.1) is 23.5 Å². The van der Waals surface area contributed by atoms with Crippen LogP contribution in [0.15, 0.2) is 23.8 Å². The van der Waals surface area contributed by atoms with Crippen molar-refractivity contribution in [3.63, 3.8) is 0 Å². The molecule has 4 heteroatoms. The van der Waals surface area contributed by atoms with Gasteiger partial charge >= 0.3 is 0 Å². The Balaban J connectivity index is 1.90. The fourth-order valence-corrected chi connectivity index (χ4v) is 6.76. The predicted octanol–water partition coefficient (Wildman–Crippen LogP) is 7.12. The lowest BCUT2D eigenvalue weighted by Gasteiger charge is -2.48. The molecule has 1 aliphatic carbocycles. The summed E-state index contributed by atoms with van der Waals surface area (Å²) in [6.45, 7) is 4.46. The van der Waals surface area contributed by atoms with Crippen molar-refractivity contribution in [1.29, 1.82) is 0 Å². The Labute approximate surface area is 173 Å². The second-order valence-electron chi connectivity index (χ2n) is 7.99. The number of phenolic OH excluding ortho intramolecular Hbond substituents is 1. The fourth-order valence-electron chi connectivity index (χ4n) is 4.61. The highest BCUT2D eigenvalue weighted by molar-refractivity contribution is 8.17. The quantitative estimate of drug-likeness (QED) is 0.283. The highest BCUT2D eigenvalue weighted by Gasteiger charge is 2.50. The molecule has 0 spiro atoms. The van der Waals surface area contributed by atoms with Gasteiger partial charge in [-0.05, 0) is 62.8 Å². The van der Waals surface area contributed by atoms with Gasteiger partial charge in [0.1, 0.15) is 11.5 Å². The molecule has 0 radical (unpaired) electrons. The topological polar surface area (TPSA) is 29.5 Å². The summed E-state index contributed by atoms with van der Waals surface area (Å²) >= 11 is 3.62. The van der Waals surface area contributed by atoms with Gasteiger partial charge in [0.25, 0.3) is 0 Å². The number of hydrogen-bond donors (Lipinski definition) is 1. The molecular weight excluding hydrogens is 372 g/mol. The molecule has 0 saturated heterocycles. The van der Waals surface area contributed by atoms with Crippen LogP contribution in [0.3, 0.4) is 0 Å². The summed E-state index contributed by atoms with van der Waals surface area (Å²) in [5, 5.41) is 10.9. The molecule has 2 atom stereocenters. The lowest BCUT2D eigenvalue weighted by atomic mass is 9.75. The van der Waals surface area contributed by atoms with Crippen molar-refractivity contribution in [2.24, 2.45) is 5.92 Å². The second-order valence-corrected chi connectivity index (χ2v) is 10.3. The zero-order valence-electron chi connectivity index (χ0n) is 17.2. The predicted molar refractivity (Wildman–Crippen MR) is 120 cm³/mol. The molecule has 1 N–H and O–H groups in total. The minimum absolute atomic E-state index is 0.251. The van der Waals surface area contributed by atoms with Crippen molar-refractivity contribution in [1.82, 2.24) is 0 Å². The first kappa shape index (κ1) is 21.0. The number of thioether (sulfide) groups is 2. The first-order valence-electron chi connectivity index (χ1n) is 10.4.